The van der Waals surface area contributed by atoms with E-state index in [4.69, 9.17) is 19.7 Å². The van der Waals surface area contributed by atoms with Crippen molar-refractivity contribution in [1.82, 2.24) is 9.55 Å². The molecular formula is C25H25N5O5. The Morgan fingerprint density at radius 3 is 2.40 bits per heavy atom. The first-order chi connectivity index (χ1) is 17.0. The van der Waals surface area contributed by atoms with Crippen LogP contribution in [0.2, 0.25) is 0 Å². The van der Waals surface area contributed by atoms with Crippen molar-refractivity contribution in [2.24, 2.45) is 5.11 Å². The summed E-state index contributed by atoms with van der Waals surface area (Å²) in [7, 11) is 0. The highest BCUT2D eigenvalue weighted by Crippen LogP contribution is 2.35. The Hall–Kier alpha value is -4.11. The van der Waals surface area contributed by atoms with Crippen LogP contribution in [0.15, 0.2) is 87.6 Å². The second kappa shape index (κ2) is 10.9. The van der Waals surface area contributed by atoms with Crippen molar-refractivity contribution in [2.45, 2.75) is 31.8 Å². The quantitative estimate of drug-likeness (QED) is 0.272. The second-order valence-corrected chi connectivity index (χ2v) is 8.20. The molecule has 0 amide bonds. The van der Waals surface area contributed by atoms with E-state index in [1.165, 1.54) is 10.8 Å². The van der Waals surface area contributed by atoms with E-state index in [9.17, 15) is 9.59 Å². The zero-order chi connectivity index (χ0) is 24.7. The molecule has 2 aromatic carbocycles. The minimum atomic E-state index is -1.23. The van der Waals surface area contributed by atoms with E-state index in [0.29, 0.717) is 12.2 Å². The average Bonchev–Trinajstić information content (AvgIpc) is 3.23. The van der Waals surface area contributed by atoms with Crippen LogP contribution >= 0.6 is 0 Å². The van der Waals surface area contributed by atoms with Crippen LogP contribution < -0.4 is 11.2 Å². The molecule has 180 valence electrons. The van der Waals surface area contributed by atoms with Crippen LogP contribution in [0.1, 0.15) is 16.7 Å². The number of rotatable bonds is 10. The summed E-state index contributed by atoms with van der Waals surface area (Å²) in [5.41, 5.74) is 8.92. The molecule has 0 spiro atoms. The number of ether oxygens (including phenoxy) is 3. The van der Waals surface area contributed by atoms with E-state index < -0.39 is 23.0 Å². The van der Waals surface area contributed by atoms with Gasteiger partial charge in [0.15, 0.2) is 5.60 Å². The zero-order valence-electron chi connectivity index (χ0n) is 19.2. The van der Waals surface area contributed by atoms with Crippen LogP contribution in [-0.2, 0) is 27.4 Å². The van der Waals surface area contributed by atoms with Crippen LogP contribution in [0.25, 0.3) is 16.3 Å². The summed E-state index contributed by atoms with van der Waals surface area (Å²) < 4.78 is 19.6. The number of nitrogens with zero attached hydrogens (tertiary/aromatic N) is 4. The van der Waals surface area contributed by atoms with Gasteiger partial charge in [-0.3, -0.25) is 9.78 Å². The van der Waals surface area contributed by atoms with Crippen molar-refractivity contribution in [1.29, 1.82) is 0 Å². The van der Waals surface area contributed by atoms with Gasteiger partial charge in [-0.25, -0.2) is 9.36 Å². The highest BCUT2D eigenvalue weighted by atomic mass is 16.6. The Labute approximate surface area is 201 Å². The summed E-state index contributed by atoms with van der Waals surface area (Å²) in [5, 5.41) is 3.76. The molecule has 1 aromatic heterocycles. The standard InChI is InChI=1S/C25H25N5O5/c1-18-13-30(24(32)28-23(18)31)22-12-21(34-15-20-10-6-3-7-11-20)25(35-22,16-27-29-26)17-33-14-19-8-4-2-5-9-19/h2-13,21H,14-17H2,1H3,(H,28,31,32)/t21-,25+/m0/s1. The maximum absolute atomic E-state index is 12.5. The highest BCUT2D eigenvalue weighted by Gasteiger charge is 2.47. The van der Waals surface area contributed by atoms with Crippen LogP contribution in [0, 0.1) is 6.92 Å². The van der Waals surface area contributed by atoms with Gasteiger partial charge < -0.3 is 14.2 Å². The molecule has 3 aromatic rings. The van der Waals surface area contributed by atoms with E-state index >= 15 is 0 Å². The smallest absolute Gasteiger partial charge is 0.335 e. The third kappa shape index (κ3) is 5.70. The van der Waals surface area contributed by atoms with E-state index in [-0.39, 0.29) is 25.6 Å². The lowest BCUT2D eigenvalue weighted by atomic mass is 9.98. The number of nitrogens with one attached hydrogen (secondary N) is 1. The van der Waals surface area contributed by atoms with Crippen molar-refractivity contribution in [3.63, 3.8) is 0 Å². The van der Waals surface area contributed by atoms with Gasteiger partial charge in [0.25, 0.3) is 5.56 Å². The minimum absolute atomic E-state index is 0.0253. The maximum Gasteiger partial charge on any atom is 0.335 e. The zero-order valence-corrected chi connectivity index (χ0v) is 19.2. The summed E-state index contributed by atoms with van der Waals surface area (Å²) in [6.45, 7) is 2.08. The highest BCUT2D eigenvalue weighted by molar-refractivity contribution is 5.45. The fraction of sp³-hybridized carbons (Fsp3) is 0.280. The van der Waals surface area contributed by atoms with Crippen molar-refractivity contribution in [3.8, 4) is 0 Å². The first-order valence-electron chi connectivity index (χ1n) is 11.0. The summed E-state index contributed by atoms with van der Waals surface area (Å²) in [4.78, 5) is 29.5. The molecule has 35 heavy (non-hydrogen) atoms. The molecular weight excluding hydrogens is 450 g/mol. The average molecular weight is 476 g/mol. The van der Waals surface area contributed by atoms with Gasteiger partial charge in [0.05, 0.1) is 26.4 Å². The summed E-state index contributed by atoms with van der Waals surface area (Å²) in [6.07, 6.45) is 2.33. The summed E-state index contributed by atoms with van der Waals surface area (Å²) in [5.74, 6) is 0.156. The number of benzene rings is 2. The number of H-pyrrole nitrogens is 1. The van der Waals surface area contributed by atoms with Crippen LogP contribution in [-0.4, -0.2) is 34.4 Å². The lowest BCUT2D eigenvalue weighted by molar-refractivity contribution is -0.112. The first-order valence-corrected chi connectivity index (χ1v) is 11.0. The fourth-order valence-corrected chi connectivity index (χ4v) is 3.75. The van der Waals surface area contributed by atoms with Gasteiger partial charge in [-0.05, 0) is 23.6 Å². The van der Waals surface area contributed by atoms with Gasteiger partial charge >= 0.3 is 5.69 Å². The molecule has 1 aliphatic heterocycles. The molecule has 10 heteroatoms. The molecule has 0 saturated heterocycles. The lowest BCUT2D eigenvalue weighted by Gasteiger charge is -2.33. The van der Waals surface area contributed by atoms with E-state index in [2.05, 4.69) is 15.0 Å². The Bertz CT molecular complexity index is 1350. The molecule has 0 fully saturated rings. The van der Waals surface area contributed by atoms with Crippen molar-refractivity contribution in [3.05, 3.63) is 121 Å². The molecule has 2 atom stereocenters. The number of aromatic amines is 1. The number of aryl methyl sites for hydroxylation is 1. The molecule has 2 heterocycles. The minimum Gasteiger partial charge on any atom is -0.466 e. The molecule has 0 bridgehead atoms. The van der Waals surface area contributed by atoms with Gasteiger partial charge in [-0.2, -0.15) is 0 Å². The Morgan fingerprint density at radius 2 is 1.74 bits per heavy atom. The Morgan fingerprint density at radius 1 is 1.09 bits per heavy atom. The third-order valence-corrected chi connectivity index (χ3v) is 5.61. The van der Waals surface area contributed by atoms with Crippen molar-refractivity contribution >= 4 is 5.88 Å². The van der Waals surface area contributed by atoms with Crippen LogP contribution in [0.3, 0.4) is 0 Å². The number of hydrogen-bond acceptors (Lipinski definition) is 6. The topological polar surface area (TPSA) is 131 Å². The lowest BCUT2D eigenvalue weighted by Crippen LogP contribution is -2.48. The monoisotopic (exact) mass is 475 g/mol. The van der Waals surface area contributed by atoms with E-state index in [0.717, 1.165) is 11.1 Å². The Kier molecular flexibility index (Phi) is 7.47. The first kappa shape index (κ1) is 24.0. The molecule has 1 N–H and O–H groups in total. The predicted molar refractivity (Wildman–Crippen MR) is 129 cm³/mol. The maximum atomic E-state index is 12.5. The van der Waals surface area contributed by atoms with E-state index in [1.54, 1.807) is 13.0 Å². The number of azide groups is 1. The number of aromatic nitrogens is 2. The van der Waals surface area contributed by atoms with Crippen molar-refractivity contribution in [2.75, 3.05) is 13.2 Å². The molecule has 0 radical (unpaired) electrons. The molecule has 4 rings (SSSR count). The fourth-order valence-electron chi connectivity index (χ4n) is 3.75. The number of hydrogen-bond donors (Lipinski definition) is 1. The normalized spacial score (nSPS) is 19.0. The largest absolute Gasteiger partial charge is 0.466 e. The van der Waals surface area contributed by atoms with Crippen LogP contribution in [0.4, 0.5) is 0 Å². The summed E-state index contributed by atoms with van der Waals surface area (Å²) in [6, 6.07) is 19.2. The molecule has 0 aliphatic carbocycles. The second-order valence-electron chi connectivity index (χ2n) is 8.20. The summed E-state index contributed by atoms with van der Waals surface area (Å²) >= 11 is 0. The van der Waals surface area contributed by atoms with Gasteiger partial charge in [0.1, 0.15) is 6.10 Å². The van der Waals surface area contributed by atoms with Gasteiger partial charge in [0.2, 0.25) is 5.88 Å². The van der Waals surface area contributed by atoms with Crippen molar-refractivity contribution < 1.29 is 14.2 Å². The van der Waals surface area contributed by atoms with Gasteiger partial charge in [0, 0.05) is 22.7 Å². The molecule has 1 aliphatic rings. The Balaban J connectivity index is 1.65. The van der Waals surface area contributed by atoms with Gasteiger partial charge in [-0.15, -0.1) is 0 Å². The molecule has 0 unspecified atom stereocenters. The van der Waals surface area contributed by atoms with Crippen LogP contribution in [0.5, 0.6) is 0 Å². The molecule has 0 saturated carbocycles. The third-order valence-electron chi connectivity index (χ3n) is 5.61. The predicted octanol–water partition coefficient (Wildman–Crippen LogP) is 3.52. The van der Waals surface area contributed by atoms with Gasteiger partial charge in [-0.1, -0.05) is 65.8 Å². The molecule has 10 nitrogen and oxygen atoms in total. The van der Waals surface area contributed by atoms with E-state index in [1.807, 2.05) is 60.7 Å². The SMILES string of the molecule is Cc1cn(C2=C[C@H](OCc3ccccc3)[C@@](CN=[N+]=[N-])(COCc3ccccc3)O2)c(=O)[nH]c1=O.